The molecular weight excluding hydrogens is 391 g/mol. The molecule has 1 aromatic heterocycles. The number of halogens is 1. The molecule has 8 nitrogen and oxygen atoms in total. The van der Waals surface area contributed by atoms with Crippen LogP contribution in [0.2, 0.25) is 0 Å². The van der Waals surface area contributed by atoms with Gasteiger partial charge in [0, 0.05) is 12.6 Å². The molecule has 2 amide bonds. The fraction of sp³-hybridized carbons (Fsp3) is 0.429. The fourth-order valence-electron chi connectivity index (χ4n) is 2.80. The van der Waals surface area contributed by atoms with E-state index < -0.39 is 35.7 Å². The van der Waals surface area contributed by atoms with E-state index in [0.717, 1.165) is 17.8 Å². The molecule has 0 aliphatic carbocycles. The summed E-state index contributed by atoms with van der Waals surface area (Å²) in [5, 5.41) is 9.53. The molecule has 1 heterocycles. The van der Waals surface area contributed by atoms with Gasteiger partial charge in [0.25, 0.3) is 11.8 Å². The summed E-state index contributed by atoms with van der Waals surface area (Å²) in [6.45, 7) is 8.51. The van der Waals surface area contributed by atoms with Crippen molar-refractivity contribution < 1.29 is 23.5 Å². The second-order valence-electron chi connectivity index (χ2n) is 7.44. The zero-order valence-corrected chi connectivity index (χ0v) is 17.9. The van der Waals surface area contributed by atoms with E-state index in [1.807, 2.05) is 6.92 Å². The molecule has 0 spiro atoms. The zero-order chi connectivity index (χ0) is 22.6. The smallest absolute Gasteiger partial charge is 0.329 e. The van der Waals surface area contributed by atoms with Gasteiger partial charge in [-0.2, -0.15) is 5.10 Å². The van der Waals surface area contributed by atoms with Gasteiger partial charge < -0.3 is 15.4 Å². The highest BCUT2D eigenvalue weighted by Gasteiger charge is 2.29. The van der Waals surface area contributed by atoms with Crippen molar-refractivity contribution in [3.8, 4) is 0 Å². The van der Waals surface area contributed by atoms with Gasteiger partial charge in [-0.1, -0.05) is 13.8 Å². The quantitative estimate of drug-likeness (QED) is 0.673. The molecule has 0 aliphatic heterocycles. The van der Waals surface area contributed by atoms with E-state index in [1.165, 1.54) is 19.1 Å². The number of aryl methyl sites for hydroxylation is 2. The predicted molar refractivity (Wildman–Crippen MR) is 109 cm³/mol. The Morgan fingerprint density at radius 2 is 1.70 bits per heavy atom. The second kappa shape index (κ2) is 9.51. The fourth-order valence-corrected chi connectivity index (χ4v) is 2.80. The summed E-state index contributed by atoms with van der Waals surface area (Å²) < 4.78 is 20.0. The van der Waals surface area contributed by atoms with Crippen LogP contribution in [0.15, 0.2) is 24.3 Å². The lowest BCUT2D eigenvalue weighted by molar-refractivity contribution is -0.156. The minimum atomic E-state index is -1.08. The maximum Gasteiger partial charge on any atom is 0.329 e. The molecule has 0 saturated heterocycles. The first-order valence-corrected chi connectivity index (χ1v) is 9.59. The van der Waals surface area contributed by atoms with Crippen molar-refractivity contribution in [2.75, 3.05) is 5.32 Å². The molecule has 30 heavy (non-hydrogen) atoms. The molecule has 162 valence electrons. The minimum absolute atomic E-state index is 0.211. The van der Waals surface area contributed by atoms with E-state index in [0.29, 0.717) is 11.4 Å². The lowest BCUT2D eigenvalue weighted by Crippen LogP contribution is -2.47. The lowest BCUT2D eigenvalue weighted by atomic mass is 10.0. The van der Waals surface area contributed by atoms with Gasteiger partial charge in [0.2, 0.25) is 0 Å². The third kappa shape index (κ3) is 5.43. The number of carbonyl (C=O) groups excluding carboxylic acids is 3. The largest absolute Gasteiger partial charge is 0.451 e. The van der Waals surface area contributed by atoms with E-state index in [1.54, 1.807) is 32.5 Å². The summed E-state index contributed by atoms with van der Waals surface area (Å²) in [6.07, 6.45) is -1.08. The topological polar surface area (TPSA) is 102 Å². The predicted octanol–water partition coefficient (Wildman–Crippen LogP) is 2.50. The summed E-state index contributed by atoms with van der Waals surface area (Å²) in [5.41, 5.74) is 2.19. The number of hydrogen-bond acceptors (Lipinski definition) is 5. The third-order valence-corrected chi connectivity index (χ3v) is 4.73. The Bertz CT molecular complexity index is 937. The van der Waals surface area contributed by atoms with E-state index in [2.05, 4.69) is 15.7 Å². The van der Waals surface area contributed by atoms with Crippen molar-refractivity contribution in [2.24, 2.45) is 13.0 Å². The van der Waals surface area contributed by atoms with Gasteiger partial charge in [0.05, 0.1) is 17.1 Å². The molecule has 1 aromatic carbocycles. The average Bonchev–Trinajstić information content (AvgIpc) is 2.91. The number of anilines is 1. The monoisotopic (exact) mass is 418 g/mol. The Morgan fingerprint density at radius 3 is 2.20 bits per heavy atom. The first-order chi connectivity index (χ1) is 14.0. The summed E-state index contributed by atoms with van der Waals surface area (Å²) in [7, 11) is 1.76. The van der Waals surface area contributed by atoms with Crippen LogP contribution < -0.4 is 10.6 Å². The Hall–Kier alpha value is -3.23. The number of ether oxygens (including phenoxy) is 1. The van der Waals surface area contributed by atoms with Crippen molar-refractivity contribution in [2.45, 2.75) is 46.8 Å². The number of rotatable bonds is 7. The Balaban J connectivity index is 2.03. The maximum absolute atomic E-state index is 13.0. The molecular formula is C21H27FN4O4. The molecule has 0 aliphatic rings. The van der Waals surface area contributed by atoms with Gasteiger partial charge >= 0.3 is 5.97 Å². The molecule has 0 radical (unpaired) electrons. The van der Waals surface area contributed by atoms with Gasteiger partial charge in [0.1, 0.15) is 11.9 Å². The van der Waals surface area contributed by atoms with Crippen molar-refractivity contribution in [3.05, 3.63) is 47.0 Å². The highest BCUT2D eigenvalue weighted by molar-refractivity contribution is 5.98. The highest BCUT2D eigenvalue weighted by Crippen LogP contribution is 2.19. The van der Waals surface area contributed by atoms with Crippen molar-refractivity contribution in [1.82, 2.24) is 15.1 Å². The molecule has 0 bridgehead atoms. The van der Waals surface area contributed by atoms with Crippen LogP contribution in [0.3, 0.4) is 0 Å². The highest BCUT2D eigenvalue weighted by atomic mass is 19.1. The summed E-state index contributed by atoms with van der Waals surface area (Å²) in [5.74, 6) is -2.53. The molecule has 0 fully saturated rings. The van der Waals surface area contributed by atoms with Gasteiger partial charge in [-0.05, 0) is 51.0 Å². The number of carbonyl (C=O) groups is 3. The molecule has 2 aromatic rings. The van der Waals surface area contributed by atoms with Crippen LogP contribution in [-0.2, 0) is 21.4 Å². The van der Waals surface area contributed by atoms with Gasteiger partial charge in [0.15, 0.2) is 6.10 Å². The van der Waals surface area contributed by atoms with Crippen LogP contribution in [-0.4, -0.2) is 39.7 Å². The maximum atomic E-state index is 13.0. The Labute approximate surface area is 174 Å². The minimum Gasteiger partial charge on any atom is -0.451 e. The van der Waals surface area contributed by atoms with E-state index in [9.17, 15) is 18.8 Å². The number of nitrogens with zero attached hydrogens (tertiary/aromatic N) is 2. The van der Waals surface area contributed by atoms with Gasteiger partial charge in [-0.3, -0.25) is 14.3 Å². The van der Waals surface area contributed by atoms with Gasteiger partial charge in [-0.15, -0.1) is 0 Å². The standard InChI is InChI=1S/C21H27FN4O4/c1-11(2)17(23-20(28)15-7-9-16(22)10-8-15)21(29)30-14(5)19(27)24-18-12(3)25-26(6)13(18)4/h7-11,14,17H,1-6H3,(H,23,28)(H,24,27)/t14-,17-/m0/s1. The zero-order valence-electron chi connectivity index (χ0n) is 17.9. The van der Waals surface area contributed by atoms with Crippen LogP contribution >= 0.6 is 0 Å². The number of hydrogen-bond donors (Lipinski definition) is 2. The normalized spacial score (nSPS) is 12.9. The summed E-state index contributed by atoms with van der Waals surface area (Å²) in [6, 6.07) is 3.99. The van der Waals surface area contributed by atoms with Crippen molar-refractivity contribution >= 4 is 23.5 Å². The van der Waals surface area contributed by atoms with Crippen molar-refractivity contribution in [3.63, 3.8) is 0 Å². The van der Waals surface area contributed by atoms with Crippen LogP contribution in [0, 0.1) is 25.6 Å². The van der Waals surface area contributed by atoms with Gasteiger partial charge in [-0.25, -0.2) is 9.18 Å². The first kappa shape index (κ1) is 23.1. The number of aromatic nitrogens is 2. The van der Waals surface area contributed by atoms with Crippen LogP contribution in [0.1, 0.15) is 42.5 Å². The van der Waals surface area contributed by atoms with E-state index in [4.69, 9.17) is 4.74 Å². The lowest BCUT2D eigenvalue weighted by Gasteiger charge is -2.23. The van der Waals surface area contributed by atoms with Crippen LogP contribution in [0.5, 0.6) is 0 Å². The Morgan fingerprint density at radius 1 is 1.10 bits per heavy atom. The van der Waals surface area contributed by atoms with E-state index in [-0.39, 0.29) is 11.5 Å². The van der Waals surface area contributed by atoms with Crippen LogP contribution in [0.25, 0.3) is 0 Å². The molecule has 9 heteroatoms. The number of amides is 2. The van der Waals surface area contributed by atoms with Crippen LogP contribution in [0.4, 0.5) is 10.1 Å². The molecule has 2 N–H and O–H groups in total. The second-order valence-corrected chi connectivity index (χ2v) is 7.44. The summed E-state index contributed by atoms with van der Waals surface area (Å²) in [4.78, 5) is 37.5. The SMILES string of the molecule is Cc1nn(C)c(C)c1NC(=O)[C@H](C)OC(=O)[C@@H](NC(=O)c1ccc(F)cc1)C(C)C. The molecule has 0 saturated carbocycles. The van der Waals surface area contributed by atoms with Crippen molar-refractivity contribution in [1.29, 1.82) is 0 Å². The number of esters is 1. The number of nitrogens with one attached hydrogen (secondary N) is 2. The average molecular weight is 418 g/mol. The third-order valence-electron chi connectivity index (χ3n) is 4.73. The van der Waals surface area contributed by atoms with E-state index >= 15 is 0 Å². The molecule has 0 unspecified atom stereocenters. The Kier molecular flexibility index (Phi) is 7.31. The molecule has 2 rings (SSSR count). The number of benzene rings is 1. The first-order valence-electron chi connectivity index (χ1n) is 9.59. The molecule has 2 atom stereocenters. The summed E-state index contributed by atoms with van der Waals surface area (Å²) >= 11 is 0.